The van der Waals surface area contributed by atoms with E-state index in [1.165, 1.54) is 37.1 Å². The minimum absolute atomic E-state index is 0.132. The van der Waals surface area contributed by atoms with Gasteiger partial charge in [-0.05, 0) is 75.5 Å². The van der Waals surface area contributed by atoms with Gasteiger partial charge in [-0.25, -0.2) is 4.99 Å². The molecule has 1 atom stereocenters. The van der Waals surface area contributed by atoms with Crippen LogP contribution in [0.4, 0.5) is 0 Å². The summed E-state index contributed by atoms with van der Waals surface area (Å²) in [6.45, 7) is 11.2. The fourth-order valence-corrected chi connectivity index (χ4v) is 3.81. The fraction of sp³-hybridized carbons (Fsp3) is 0.500. The van der Waals surface area contributed by atoms with Crippen LogP contribution in [0, 0.1) is 0 Å². The molecule has 0 aliphatic carbocycles. The summed E-state index contributed by atoms with van der Waals surface area (Å²) in [5.74, 6) is 1.51. The second kappa shape index (κ2) is 12.5. The fourth-order valence-electron chi connectivity index (χ4n) is 3.81. The molecule has 1 aliphatic rings. The van der Waals surface area contributed by atoms with Crippen molar-refractivity contribution in [3.63, 3.8) is 0 Å². The molecule has 6 nitrogen and oxygen atoms in total. The van der Waals surface area contributed by atoms with Gasteiger partial charge in [0.25, 0.3) is 0 Å². The predicted molar refractivity (Wildman–Crippen MR) is 131 cm³/mol. The van der Waals surface area contributed by atoms with Crippen molar-refractivity contribution < 1.29 is 9.84 Å². The molecule has 3 N–H and O–H groups in total. The van der Waals surface area contributed by atoms with Crippen LogP contribution in [-0.4, -0.2) is 48.2 Å². The normalized spacial score (nSPS) is 15.7. The summed E-state index contributed by atoms with van der Waals surface area (Å²) in [6.07, 6.45) is 2.14. The van der Waals surface area contributed by atoms with Gasteiger partial charge < -0.3 is 20.5 Å². The molecule has 1 heterocycles. The number of benzene rings is 2. The first-order chi connectivity index (χ1) is 15.5. The number of hydrogen-bond acceptors (Lipinski definition) is 4. The van der Waals surface area contributed by atoms with Crippen molar-refractivity contribution in [1.82, 2.24) is 15.5 Å². The Morgan fingerprint density at radius 3 is 2.28 bits per heavy atom. The summed E-state index contributed by atoms with van der Waals surface area (Å²) < 4.78 is 5.66. The highest BCUT2D eigenvalue weighted by molar-refractivity contribution is 5.79. The van der Waals surface area contributed by atoms with E-state index < -0.39 is 6.10 Å². The highest BCUT2D eigenvalue weighted by Gasteiger charge is 2.12. The molecule has 3 rings (SSSR count). The second-order valence-corrected chi connectivity index (χ2v) is 8.63. The van der Waals surface area contributed by atoms with E-state index in [0.29, 0.717) is 19.0 Å². The zero-order valence-electron chi connectivity index (χ0n) is 19.7. The minimum atomic E-state index is -0.628. The van der Waals surface area contributed by atoms with Crippen LogP contribution < -0.4 is 15.4 Å². The number of aliphatic hydroxyl groups is 1. The summed E-state index contributed by atoms with van der Waals surface area (Å²) in [6, 6.07) is 16.3. The van der Waals surface area contributed by atoms with E-state index in [-0.39, 0.29) is 6.10 Å². The van der Waals surface area contributed by atoms with E-state index in [2.05, 4.69) is 44.8 Å². The Bertz CT molecular complexity index is 828. The van der Waals surface area contributed by atoms with E-state index in [9.17, 15) is 5.11 Å². The van der Waals surface area contributed by atoms with Gasteiger partial charge in [-0.2, -0.15) is 0 Å². The smallest absolute Gasteiger partial charge is 0.191 e. The molecule has 0 amide bonds. The molecule has 2 aromatic rings. The molecular formula is C26H38N4O2. The molecule has 2 aromatic carbocycles. The maximum absolute atomic E-state index is 10.6. The zero-order valence-corrected chi connectivity index (χ0v) is 19.7. The molecule has 0 aromatic heterocycles. The number of ether oxygens (including phenoxy) is 1. The topological polar surface area (TPSA) is 69.1 Å². The Balaban J connectivity index is 1.50. The van der Waals surface area contributed by atoms with Gasteiger partial charge in [-0.15, -0.1) is 0 Å². The van der Waals surface area contributed by atoms with Crippen molar-refractivity contribution in [1.29, 1.82) is 0 Å². The van der Waals surface area contributed by atoms with Gasteiger partial charge in [0.05, 0.1) is 18.8 Å². The van der Waals surface area contributed by atoms with E-state index >= 15 is 0 Å². The van der Waals surface area contributed by atoms with E-state index in [1.54, 1.807) is 0 Å². The number of aliphatic hydroxyl groups excluding tert-OH is 1. The van der Waals surface area contributed by atoms with Gasteiger partial charge >= 0.3 is 0 Å². The lowest BCUT2D eigenvalue weighted by Gasteiger charge is -2.16. The van der Waals surface area contributed by atoms with Crippen molar-refractivity contribution in [3.8, 4) is 5.75 Å². The van der Waals surface area contributed by atoms with Gasteiger partial charge in [-0.1, -0.05) is 36.4 Å². The Morgan fingerprint density at radius 1 is 1.00 bits per heavy atom. The van der Waals surface area contributed by atoms with Crippen LogP contribution in [0.15, 0.2) is 53.5 Å². The first kappa shape index (κ1) is 24.1. The summed E-state index contributed by atoms with van der Waals surface area (Å²) in [5.41, 5.74) is 3.38. The van der Waals surface area contributed by atoms with Crippen LogP contribution in [0.3, 0.4) is 0 Å². The summed E-state index contributed by atoms with van der Waals surface area (Å²) in [7, 11) is 0. The number of aliphatic imine (C=N–C) groups is 1. The van der Waals surface area contributed by atoms with Crippen molar-refractivity contribution in [2.24, 2.45) is 4.99 Å². The van der Waals surface area contributed by atoms with Crippen LogP contribution >= 0.6 is 0 Å². The SMILES string of the molecule is CCNC(=NCc1ccc(CN2CCCC2)cc1)NCC(O)c1ccc(OC(C)C)cc1. The minimum Gasteiger partial charge on any atom is -0.491 e. The Morgan fingerprint density at radius 2 is 1.66 bits per heavy atom. The quantitative estimate of drug-likeness (QED) is 0.388. The second-order valence-electron chi connectivity index (χ2n) is 8.63. The highest BCUT2D eigenvalue weighted by atomic mass is 16.5. The average Bonchev–Trinajstić information content (AvgIpc) is 3.29. The Labute approximate surface area is 192 Å². The summed E-state index contributed by atoms with van der Waals surface area (Å²) in [5, 5.41) is 17.1. The van der Waals surface area contributed by atoms with Crippen molar-refractivity contribution >= 4 is 5.96 Å². The third-order valence-electron chi connectivity index (χ3n) is 5.49. The van der Waals surface area contributed by atoms with Gasteiger partial charge in [-0.3, -0.25) is 4.90 Å². The van der Waals surface area contributed by atoms with E-state index in [4.69, 9.17) is 4.74 Å². The van der Waals surface area contributed by atoms with Gasteiger partial charge in [0, 0.05) is 19.6 Å². The molecule has 1 fully saturated rings. The average molecular weight is 439 g/mol. The number of likely N-dealkylation sites (tertiary alicyclic amines) is 1. The number of guanidine groups is 1. The lowest BCUT2D eigenvalue weighted by atomic mass is 10.1. The summed E-state index contributed by atoms with van der Waals surface area (Å²) in [4.78, 5) is 7.19. The molecule has 1 unspecified atom stereocenters. The molecule has 0 spiro atoms. The van der Waals surface area contributed by atoms with Crippen LogP contribution in [0.2, 0.25) is 0 Å². The maximum atomic E-state index is 10.6. The molecule has 0 saturated carbocycles. The van der Waals surface area contributed by atoms with Gasteiger partial charge in [0.1, 0.15) is 5.75 Å². The van der Waals surface area contributed by atoms with Crippen molar-refractivity contribution in [2.75, 3.05) is 26.2 Å². The van der Waals surface area contributed by atoms with Crippen molar-refractivity contribution in [3.05, 3.63) is 65.2 Å². The Kier molecular flexibility index (Phi) is 9.38. The highest BCUT2D eigenvalue weighted by Crippen LogP contribution is 2.18. The molecule has 1 aliphatic heterocycles. The van der Waals surface area contributed by atoms with Gasteiger partial charge in [0.2, 0.25) is 0 Å². The van der Waals surface area contributed by atoms with Crippen molar-refractivity contribution in [2.45, 2.75) is 58.9 Å². The number of nitrogens with zero attached hydrogens (tertiary/aromatic N) is 2. The third kappa shape index (κ3) is 7.84. The Hall–Kier alpha value is -2.57. The van der Waals surface area contributed by atoms with Crippen LogP contribution in [0.1, 0.15) is 56.4 Å². The lowest BCUT2D eigenvalue weighted by Crippen LogP contribution is -2.39. The van der Waals surface area contributed by atoms with E-state index in [0.717, 1.165) is 24.4 Å². The first-order valence-corrected chi connectivity index (χ1v) is 11.8. The molecule has 6 heteroatoms. The molecule has 1 saturated heterocycles. The number of hydrogen-bond donors (Lipinski definition) is 3. The maximum Gasteiger partial charge on any atom is 0.191 e. The molecule has 0 bridgehead atoms. The van der Waals surface area contributed by atoms with Crippen LogP contribution in [0.5, 0.6) is 5.75 Å². The summed E-state index contributed by atoms with van der Waals surface area (Å²) >= 11 is 0. The third-order valence-corrected chi connectivity index (χ3v) is 5.49. The monoisotopic (exact) mass is 438 g/mol. The molecule has 32 heavy (non-hydrogen) atoms. The first-order valence-electron chi connectivity index (χ1n) is 11.8. The largest absolute Gasteiger partial charge is 0.491 e. The van der Waals surface area contributed by atoms with Crippen LogP contribution in [-0.2, 0) is 13.1 Å². The van der Waals surface area contributed by atoms with E-state index in [1.807, 2.05) is 45.0 Å². The standard InChI is InChI=1S/C26H38N4O2/c1-4-27-26(29-18-25(31)23-11-13-24(14-12-23)32-20(2)3)28-17-21-7-9-22(10-8-21)19-30-15-5-6-16-30/h7-14,20,25,31H,4-6,15-19H2,1-3H3,(H2,27,28,29). The van der Waals surface area contributed by atoms with Gasteiger partial charge in [0.15, 0.2) is 5.96 Å². The lowest BCUT2D eigenvalue weighted by molar-refractivity contribution is 0.180. The predicted octanol–water partition coefficient (Wildman–Crippen LogP) is 3.86. The molecule has 0 radical (unpaired) electrons. The molecular weight excluding hydrogens is 400 g/mol. The number of rotatable bonds is 10. The number of nitrogens with one attached hydrogen (secondary N) is 2. The zero-order chi connectivity index (χ0) is 22.8. The van der Waals surface area contributed by atoms with Crippen LogP contribution in [0.25, 0.3) is 0 Å². The molecule has 174 valence electrons.